The molecule has 0 spiro atoms. The highest BCUT2D eigenvalue weighted by Crippen LogP contribution is 2.35. The molecule has 0 heteroatoms. The molecule has 0 amide bonds. The summed E-state index contributed by atoms with van der Waals surface area (Å²) in [6, 6.07) is 6.88. The molecule has 1 fully saturated rings. The Morgan fingerprint density at radius 2 is 1.87 bits per heavy atom. The summed E-state index contributed by atoms with van der Waals surface area (Å²) in [6.45, 7) is 4.57. The topological polar surface area (TPSA) is 0 Å². The van der Waals surface area contributed by atoms with Crippen molar-refractivity contribution in [2.75, 3.05) is 0 Å². The number of aryl methyl sites for hydroxylation is 1. The Morgan fingerprint density at radius 3 is 2.53 bits per heavy atom. The maximum Gasteiger partial charge on any atom is -0.0159 e. The van der Waals surface area contributed by atoms with Crippen molar-refractivity contribution in [2.45, 2.75) is 58.3 Å². The molecular formula is C15H22. The molecule has 0 bridgehead atoms. The maximum absolute atomic E-state index is 2.35. The lowest BCUT2D eigenvalue weighted by atomic mass is 9.81. The molecule has 0 nitrogen and oxygen atoms in total. The van der Waals surface area contributed by atoms with Crippen LogP contribution in [0.5, 0.6) is 0 Å². The van der Waals surface area contributed by atoms with Crippen LogP contribution in [0.4, 0.5) is 0 Å². The molecular weight excluding hydrogens is 180 g/mol. The summed E-state index contributed by atoms with van der Waals surface area (Å²) in [7, 11) is 0. The van der Waals surface area contributed by atoms with E-state index in [1.165, 1.54) is 44.1 Å². The van der Waals surface area contributed by atoms with E-state index in [-0.39, 0.29) is 0 Å². The number of hydrogen-bond acceptors (Lipinski definition) is 0. The minimum absolute atomic E-state index is 0.852. The smallest absolute Gasteiger partial charge is 0.0159 e. The highest BCUT2D eigenvalue weighted by Gasteiger charge is 2.17. The lowest BCUT2D eigenvalue weighted by Crippen LogP contribution is -2.07. The van der Waals surface area contributed by atoms with Crippen LogP contribution in [-0.2, 0) is 6.42 Å². The summed E-state index contributed by atoms with van der Waals surface area (Å²) in [5.41, 5.74) is 4.74. The lowest BCUT2D eigenvalue weighted by Gasteiger charge is -2.24. The summed E-state index contributed by atoms with van der Waals surface area (Å²) in [4.78, 5) is 0. The highest BCUT2D eigenvalue weighted by atomic mass is 14.2. The molecule has 0 aromatic heterocycles. The van der Waals surface area contributed by atoms with E-state index in [0.29, 0.717) is 0 Å². The van der Waals surface area contributed by atoms with Gasteiger partial charge in [0.05, 0.1) is 0 Å². The Labute approximate surface area is 93.7 Å². The van der Waals surface area contributed by atoms with Crippen LogP contribution in [-0.4, -0.2) is 0 Å². The van der Waals surface area contributed by atoms with Gasteiger partial charge in [0.2, 0.25) is 0 Å². The SMILES string of the molecule is CCc1cccc(C2CCCCC2)c1C. The van der Waals surface area contributed by atoms with Crippen molar-refractivity contribution in [1.29, 1.82) is 0 Å². The molecule has 1 saturated carbocycles. The molecule has 0 N–H and O–H groups in total. The van der Waals surface area contributed by atoms with E-state index in [1.54, 1.807) is 11.1 Å². The first-order valence-electron chi connectivity index (χ1n) is 6.41. The Morgan fingerprint density at radius 1 is 1.13 bits per heavy atom. The predicted octanol–water partition coefficient (Wildman–Crippen LogP) is 4.61. The molecule has 82 valence electrons. The molecule has 1 aromatic carbocycles. The van der Waals surface area contributed by atoms with Crippen molar-refractivity contribution < 1.29 is 0 Å². The zero-order chi connectivity index (χ0) is 10.7. The number of rotatable bonds is 2. The summed E-state index contributed by atoms with van der Waals surface area (Å²) in [6.07, 6.45) is 8.30. The van der Waals surface area contributed by atoms with E-state index in [0.717, 1.165) is 5.92 Å². The van der Waals surface area contributed by atoms with Gasteiger partial charge in [-0.05, 0) is 48.8 Å². The van der Waals surface area contributed by atoms with Crippen LogP contribution in [0.3, 0.4) is 0 Å². The second kappa shape index (κ2) is 4.83. The second-order valence-electron chi connectivity index (χ2n) is 4.82. The van der Waals surface area contributed by atoms with Crippen molar-refractivity contribution in [3.05, 3.63) is 34.9 Å². The fourth-order valence-electron chi connectivity index (χ4n) is 2.94. The fourth-order valence-corrected chi connectivity index (χ4v) is 2.94. The van der Waals surface area contributed by atoms with Crippen LogP contribution in [0.2, 0.25) is 0 Å². The molecule has 0 heterocycles. The van der Waals surface area contributed by atoms with Crippen molar-refractivity contribution >= 4 is 0 Å². The third kappa shape index (κ3) is 2.25. The van der Waals surface area contributed by atoms with Gasteiger partial charge in [-0.1, -0.05) is 44.4 Å². The van der Waals surface area contributed by atoms with Crippen LogP contribution in [0, 0.1) is 6.92 Å². The van der Waals surface area contributed by atoms with E-state index in [9.17, 15) is 0 Å². The van der Waals surface area contributed by atoms with Gasteiger partial charge >= 0.3 is 0 Å². The van der Waals surface area contributed by atoms with E-state index in [1.807, 2.05) is 0 Å². The predicted molar refractivity (Wildman–Crippen MR) is 66.4 cm³/mol. The van der Waals surface area contributed by atoms with Crippen LogP contribution in [0.25, 0.3) is 0 Å². The normalized spacial score (nSPS) is 18.0. The van der Waals surface area contributed by atoms with Crippen LogP contribution >= 0.6 is 0 Å². The monoisotopic (exact) mass is 202 g/mol. The Hall–Kier alpha value is -0.780. The van der Waals surface area contributed by atoms with E-state index < -0.39 is 0 Å². The molecule has 0 atom stereocenters. The third-order valence-corrected chi connectivity index (χ3v) is 3.91. The van der Waals surface area contributed by atoms with Crippen LogP contribution < -0.4 is 0 Å². The van der Waals surface area contributed by atoms with Crippen LogP contribution in [0.1, 0.15) is 61.6 Å². The summed E-state index contributed by atoms with van der Waals surface area (Å²) in [5.74, 6) is 0.852. The summed E-state index contributed by atoms with van der Waals surface area (Å²) in [5, 5.41) is 0. The largest absolute Gasteiger partial charge is 0.0617 e. The molecule has 2 rings (SSSR count). The molecule has 0 saturated heterocycles. The summed E-state index contributed by atoms with van der Waals surface area (Å²) < 4.78 is 0. The van der Waals surface area contributed by atoms with Gasteiger partial charge in [0.15, 0.2) is 0 Å². The molecule has 0 unspecified atom stereocenters. The van der Waals surface area contributed by atoms with Gasteiger partial charge in [0, 0.05) is 0 Å². The molecule has 15 heavy (non-hydrogen) atoms. The third-order valence-electron chi connectivity index (χ3n) is 3.91. The van der Waals surface area contributed by atoms with E-state index >= 15 is 0 Å². The Kier molecular flexibility index (Phi) is 3.45. The van der Waals surface area contributed by atoms with Gasteiger partial charge in [-0.25, -0.2) is 0 Å². The first-order chi connectivity index (χ1) is 7.33. The number of benzene rings is 1. The average Bonchev–Trinajstić information content (AvgIpc) is 2.30. The molecule has 0 aliphatic heterocycles. The van der Waals surface area contributed by atoms with Crippen molar-refractivity contribution in [2.24, 2.45) is 0 Å². The first kappa shape index (κ1) is 10.7. The van der Waals surface area contributed by atoms with Crippen molar-refractivity contribution in [3.63, 3.8) is 0 Å². The van der Waals surface area contributed by atoms with Gasteiger partial charge in [-0.3, -0.25) is 0 Å². The Balaban J connectivity index is 2.26. The average molecular weight is 202 g/mol. The molecule has 1 aliphatic rings. The zero-order valence-corrected chi connectivity index (χ0v) is 10.1. The van der Waals surface area contributed by atoms with Crippen molar-refractivity contribution in [3.8, 4) is 0 Å². The quantitative estimate of drug-likeness (QED) is 0.657. The first-order valence-corrected chi connectivity index (χ1v) is 6.41. The second-order valence-corrected chi connectivity index (χ2v) is 4.82. The molecule has 1 aliphatic carbocycles. The van der Waals surface area contributed by atoms with Gasteiger partial charge in [0.1, 0.15) is 0 Å². The standard InChI is InChI=1S/C15H22/c1-3-13-10-7-11-15(12(13)2)14-8-5-4-6-9-14/h7,10-11,14H,3-6,8-9H2,1-2H3. The summed E-state index contributed by atoms with van der Waals surface area (Å²) >= 11 is 0. The minimum atomic E-state index is 0.852. The van der Waals surface area contributed by atoms with E-state index in [4.69, 9.17) is 0 Å². The molecule has 0 radical (unpaired) electrons. The Bertz CT molecular complexity index is 319. The van der Waals surface area contributed by atoms with Crippen molar-refractivity contribution in [1.82, 2.24) is 0 Å². The fraction of sp³-hybridized carbons (Fsp3) is 0.600. The zero-order valence-electron chi connectivity index (χ0n) is 10.1. The lowest BCUT2D eigenvalue weighted by molar-refractivity contribution is 0.442. The van der Waals surface area contributed by atoms with Gasteiger partial charge in [-0.2, -0.15) is 0 Å². The number of hydrogen-bond donors (Lipinski definition) is 0. The maximum atomic E-state index is 2.35. The van der Waals surface area contributed by atoms with Gasteiger partial charge in [-0.15, -0.1) is 0 Å². The molecule has 1 aromatic rings. The highest BCUT2D eigenvalue weighted by molar-refractivity contribution is 5.36. The van der Waals surface area contributed by atoms with Gasteiger partial charge in [0.25, 0.3) is 0 Å². The van der Waals surface area contributed by atoms with Gasteiger partial charge < -0.3 is 0 Å². The minimum Gasteiger partial charge on any atom is -0.0617 e. The van der Waals surface area contributed by atoms with E-state index in [2.05, 4.69) is 32.0 Å². The van der Waals surface area contributed by atoms with Crippen LogP contribution in [0.15, 0.2) is 18.2 Å².